The van der Waals surface area contributed by atoms with Gasteiger partial charge in [0, 0.05) is 6.42 Å². The minimum absolute atomic E-state index is 0.244. The zero-order valence-electron chi connectivity index (χ0n) is 53.1. The van der Waals surface area contributed by atoms with Gasteiger partial charge in [-0.25, -0.2) is 0 Å². The fourth-order valence-corrected chi connectivity index (χ4v) is 12.3. The molecule has 19 nitrogen and oxygen atoms in total. The van der Waals surface area contributed by atoms with Crippen LogP contribution in [0, 0.1) is 0 Å². The Morgan fingerprint density at radius 3 is 1.02 bits per heavy atom. The molecule has 3 rings (SSSR count). The molecule has 3 heterocycles. The highest BCUT2D eigenvalue weighted by Gasteiger charge is 2.53. The molecule has 0 saturated carbocycles. The maximum Gasteiger partial charge on any atom is 0.220 e. The van der Waals surface area contributed by atoms with Crippen molar-refractivity contribution < 1.29 is 89.4 Å². The quantitative estimate of drug-likeness (QED) is 0.0253. The second kappa shape index (κ2) is 49.5. The number of unbranched alkanes of at least 4 members (excludes halogenated alkanes) is 38. The lowest BCUT2D eigenvalue weighted by atomic mass is 9.96. The summed E-state index contributed by atoms with van der Waals surface area (Å²) in [5.74, 6) is -0.244. The maximum atomic E-state index is 13.3. The van der Waals surface area contributed by atoms with Gasteiger partial charge in [0.15, 0.2) is 18.9 Å². The van der Waals surface area contributed by atoms with Gasteiger partial charge in [-0.05, 0) is 12.8 Å². The Bertz CT molecular complexity index is 1550. The van der Waals surface area contributed by atoms with Gasteiger partial charge in [-0.15, -0.1) is 0 Å². The molecule has 0 aromatic rings. The summed E-state index contributed by atoms with van der Waals surface area (Å²) in [5.41, 5.74) is 0. The zero-order chi connectivity index (χ0) is 61.9. The molecule has 0 bridgehead atoms. The Balaban J connectivity index is 1.24. The monoisotopic (exact) mass is 1220 g/mol. The molecule has 0 radical (unpaired) electrons. The third-order valence-electron chi connectivity index (χ3n) is 17.9. The van der Waals surface area contributed by atoms with E-state index in [-0.39, 0.29) is 18.9 Å². The Hall–Kier alpha value is -1.21. The molecule has 17 unspecified atom stereocenters. The molecule has 3 saturated heterocycles. The molecule has 1 amide bonds. The average molecular weight is 1220 g/mol. The van der Waals surface area contributed by atoms with Crippen molar-refractivity contribution in [2.45, 2.75) is 388 Å². The molecule has 0 aromatic carbocycles. The van der Waals surface area contributed by atoms with Gasteiger partial charge in [0.05, 0.1) is 38.6 Å². The highest BCUT2D eigenvalue weighted by atomic mass is 16.8. The zero-order valence-corrected chi connectivity index (χ0v) is 53.1. The molecular weight excluding hydrogens is 1090 g/mol. The van der Waals surface area contributed by atoms with E-state index in [0.29, 0.717) is 12.8 Å². The predicted molar refractivity (Wildman–Crippen MR) is 328 cm³/mol. The van der Waals surface area contributed by atoms with E-state index in [1.54, 1.807) is 0 Å². The van der Waals surface area contributed by atoms with Gasteiger partial charge < -0.3 is 89.9 Å². The van der Waals surface area contributed by atoms with E-state index >= 15 is 0 Å². The van der Waals surface area contributed by atoms with Gasteiger partial charge >= 0.3 is 0 Å². The number of rotatable bonds is 54. The lowest BCUT2D eigenvalue weighted by Gasteiger charge is -2.48. The van der Waals surface area contributed by atoms with E-state index < -0.39 is 124 Å². The molecule has 0 aliphatic carbocycles. The van der Waals surface area contributed by atoms with Gasteiger partial charge in [0.2, 0.25) is 5.91 Å². The molecule has 12 N–H and O–H groups in total. The summed E-state index contributed by atoms with van der Waals surface area (Å²) in [6.45, 7) is 1.71. The topological polar surface area (TPSA) is 307 Å². The molecular formula is C66H127NO18. The largest absolute Gasteiger partial charge is 0.394 e. The summed E-state index contributed by atoms with van der Waals surface area (Å²) >= 11 is 0. The number of ether oxygens (including phenoxy) is 6. The maximum absolute atomic E-state index is 13.3. The smallest absolute Gasteiger partial charge is 0.220 e. The summed E-state index contributed by atoms with van der Waals surface area (Å²) in [4.78, 5) is 13.3. The Morgan fingerprint density at radius 1 is 0.376 bits per heavy atom. The van der Waals surface area contributed by atoms with Gasteiger partial charge in [-0.3, -0.25) is 4.79 Å². The lowest BCUT2D eigenvalue weighted by Crippen LogP contribution is -2.66. The SMILES string of the molecule is CCCCCCCCCCCCCCCCCCCCCCCCCCCCCCCCCCCCCC(=O)NC(COC1OC(CO)C(OC2OC(CO)C(OC3OC(CO)C(O)C(O)C3O)C(O)C2O)C(O)C1O)C(O)CCCCCCC. The number of aliphatic hydroxyl groups excluding tert-OH is 11. The second-order valence-electron chi connectivity index (χ2n) is 25.4. The standard InChI is InChI=1S/C66H127NO18/c1-3-5-7-9-10-11-12-13-14-15-16-17-18-19-20-21-22-23-24-25-26-27-28-29-30-31-32-33-34-35-36-37-38-40-42-44-54(72)67-49(50(71)43-41-39-8-6-4-2)48-80-64-60(78)57(75)62(52(46-69)82-64)85-66-61(79)58(76)63(53(47-70)83-66)84-65-59(77)56(74)55(73)51(45-68)81-65/h49-53,55-66,68-71,73-79H,3-48H2,1-2H3,(H,67,72). The fraction of sp³-hybridized carbons (Fsp3) is 0.985. The van der Waals surface area contributed by atoms with Gasteiger partial charge in [-0.2, -0.15) is 0 Å². The first-order valence-corrected chi connectivity index (χ1v) is 34.8. The van der Waals surface area contributed by atoms with Crippen LogP contribution in [-0.2, 0) is 33.2 Å². The van der Waals surface area contributed by atoms with Crippen LogP contribution in [0.2, 0.25) is 0 Å². The van der Waals surface area contributed by atoms with Crippen molar-refractivity contribution in [1.29, 1.82) is 0 Å². The molecule has 85 heavy (non-hydrogen) atoms. The van der Waals surface area contributed by atoms with E-state index in [1.807, 2.05) is 0 Å². The Kier molecular flexibility index (Phi) is 45.4. The highest BCUT2D eigenvalue weighted by molar-refractivity contribution is 5.76. The van der Waals surface area contributed by atoms with Gasteiger partial charge in [0.1, 0.15) is 73.2 Å². The number of hydrogen-bond donors (Lipinski definition) is 12. The number of carbonyl (C=O) groups is 1. The number of amides is 1. The van der Waals surface area contributed by atoms with Crippen LogP contribution in [0.1, 0.15) is 284 Å². The number of aliphatic hydroxyl groups is 11. The van der Waals surface area contributed by atoms with E-state index in [0.717, 1.165) is 51.4 Å². The molecule has 0 spiro atoms. The number of carbonyl (C=O) groups excluding carboxylic acids is 1. The fourth-order valence-electron chi connectivity index (χ4n) is 12.3. The molecule has 3 aliphatic rings. The normalized spacial score (nSPS) is 28.9. The second-order valence-corrected chi connectivity index (χ2v) is 25.4. The summed E-state index contributed by atoms with van der Waals surface area (Å²) in [5, 5.41) is 120. The van der Waals surface area contributed by atoms with Crippen molar-refractivity contribution in [2.24, 2.45) is 0 Å². The summed E-state index contributed by atoms with van der Waals surface area (Å²) in [7, 11) is 0. The highest BCUT2D eigenvalue weighted by Crippen LogP contribution is 2.33. The van der Waals surface area contributed by atoms with Crippen LogP contribution in [-0.4, -0.2) is 193 Å². The van der Waals surface area contributed by atoms with Crippen molar-refractivity contribution in [3.05, 3.63) is 0 Å². The third kappa shape index (κ3) is 32.1. The summed E-state index contributed by atoms with van der Waals surface area (Å²) in [6.07, 6.45) is 26.0. The first-order valence-electron chi connectivity index (χ1n) is 34.8. The van der Waals surface area contributed by atoms with Gasteiger partial charge in [0.25, 0.3) is 0 Å². The van der Waals surface area contributed by atoms with Crippen molar-refractivity contribution in [1.82, 2.24) is 5.32 Å². The van der Waals surface area contributed by atoms with Crippen LogP contribution < -0.4 is 5.32 Å². The first kappa shape index (κ1) is 78.0. The Labute approximate surface area is 513 Å². The van der Waals surface area contributed by atoms with Gasteiger partial charge in [-0.1, -0.05) is 264 Å². The Morgan fingerprint density at radius 2 is 0.671 bits per heavy atom. The molecule has 3 fully saturated rings. The van der Waals surface area contributed by atoms with Crippen LogP contribution in [0.4, 0.5) is 0 Å². The molecule has 19 heteroatoms. The average Bonchev–Trinajstić information content (AvgIpc) is 2.21. The van der Waals surface area contributed by atoms with Crippen LogP contribution >= 0.6 is 0 Å². The lowest BCUT2D eigenvalue weighted by molar-refractivity contribution is -0.379. The number of nitrogens with one attached hydrogen (secondary N) is 1. The summed E-state index contributed by atoms with van der Waals surface area (Å²) in [6, 6.07) is -0.878. The predicted octanol–water partition coefficient (Wildman–Crippen LogP) is 8.72. The first-order chi connectivity index (χ1) is 41.3. The van der Waals surface area contributed by atoms with Crippen molar-refractivity contribution in [3.63, 3.8) is 0 Å². The van der Waals surface area contributed by atoms with Crippen LogP contribution in [0.5, 0.6) is 0 Å². The third-order valence-corrected chi connectivity index (χ3v) is 17.9. The molecule has 3 aliphatic heterocycles. The van der Waals surface area contributed by atoms with Crippen LogP contribution in [0.25, 0.3) is 0 Å². The van der Waals surface area contributed by atoms with Crippen LogP contribution in [0.15, 0.2) is 0 Å². The van der Waals surface area contributed by atoms with Crippen LogP contribution in [0.3, 0.4) is 0 Å². The van der Waals surface area contributed by atoms with E-state index in [9.17, 15) is 61.0 Å². The van der Waals surface area contributed by atoms with E-state index in [4.69, 9.17) is 28.4 Å². The summed E-state index contributed by atoms with van der Waals surface area (Å²) < 4.78 is 34.2. The minimum atomic E-state index is -1.97. The van der Waals surface area contributed by atoms with E-state index in [2.05, 4.69) is 19.2 Å². The van der Waals surface area contributed by atoms with E-state index in [1.165, 1.54) is 199 Å². The van der Waals surface area contributed by atoms with Crippen molar-refractivity contribution in [2.75, 3.05) is 26.4 Å². The number of hydrogen-bond acceptors (Lipinski definition) is 18. The molecule has 504 valence electrons. The van der Waals surface area contributed by atoms with Crippen molar-refractivity contribution >= 4 is 5.91 Å². The van der Waals surface area contributed by atoms with Crippen molar-refractivity contribution in [3.8, 4) is 0 Å². The molecule has 0 aromatic heterocycles. The molecule has 17 atom stereocenters. The minimum Gasteiger partial charge on any atom is -0.394 e.